The largest absolute Gasteiger partial charge is 0.481 e. The number of thioether (sulfide) groups is 1. The van der Waals surface area contributed by atoms with Gasteiger partial charge in [0.05, 0.1) is 0 Å². The maximum absolute atomic E-state index is 11.1. The van der Waals surface area contributed by atoms with Crippen molar-refractivity contribution < 1.29 is 14.7 Å². The van der Waals surface area contributed by atoms with E-state index in [4.69, 9.17) is 5.11 Å². The van der Waals surface area contributed by atoms with E-state index in [2.05, 4.69) is 10.6 Å². The normalized spacial score (nSPS) is 11.9. The van der Waals surface area contributed by atoms with Gasteiger partial charge in [-0.25, -0.2) is 4.79 Å². The maximum Gasteiger partial charge on any atom is 0.314 e. The Bertz CT molecular complexity index is 212. The Hall–Kier alpha value is -0.910. The van der Waals surface area contributed by atoms with Crippen LogP contribution in [0, 0.1) is 5.92 Å². The lowest BCUT2D eigenvalue weighted by atomic mass is 10.1. The number of carbonyl (C=O) groups excluding carboxylic acids is 1. The number of aliphatic carboxylic acids is 1. The van der Waals surface area contributed by atoms with Gasteiger partial charge in [-0.2, -0.15) is 11.8 Å². The minimum absolute atomic E-state index is 0.0474. The fourth-order valence-electron chi connectivity index (χ4n) is 0.966. The predicted octanol–water partition coefficient (Wildman–Crippen LogP) is 0.759. The van der Waals surface area contributed by atoms with Crippen LogP contribution in [0.25, 0.3) is 0 Å². The lowest BCUT2D eigenvalue weighted by molar-refractivity contribution is -0.137. The van der Waals surface area contributed by atoms with Crippen molar-refractivity contribution in [1.82, 2.24) is 10.6 Å². The number of carbonyl (C=O) groups is 2. The molecule has 0 saturated carbocycles. The zero-order valence-corrected chi connectivity index (χ0v) is 9.89. The quantitative estimate of drug-likeness (QED) is 0.568. The monoisotopic (exact) mass is 234 g/mol. The smallest absolute Gasteiger partial charge is 0.314 e. The van der Waals surface area contributed by atoms with Crippen LogP contribution in [0.15, 0.2) is 0 Å². The van der Waals surface area contributed by atoms with Crippen molar-refractivity contribution in [1.29, 1.82) is 0 Å². The fourth-order valence-corrected chi connectivity index (χ4v) is 1.27. The van der Waals surface area contributed by atoms with Crippen LogP contribution in [0.4, 0.5) is 4.79 Å². The molecule has 88 valence electrons. The average molecular weight is 234 g/mol. The summed E-state index contributed by atoms with van der Waals surface area (Å²) in [6.07, 6.45) is 2.04. The highest BCUT2D eigenvalue weighted by Gasteiger charge is 2.08. The summed E-state index contributed by atoms with van der Waals surface area (Å²) in [6, 6.07) is -0.235. The van der Waals surface area contributed by atoms with Crippen LogP contribution in [0.3, 0.4) is 0 Å². The molecule has 3 N–H and O–H groups in total. The summed E-state index contributed by atoms with van der Waals surface area (Å²) < 4.78 is 0. The van der Waals surface area contributed by atoms with Gasteiger partial charge < -0.3 is 15.7 Å². The lowest BCUT2D eigenvalue weighted by Gasteiger charge is -2.10. The summed E-state index contributed by atoms with van der Waals surface area (Å²) in [5.41, 5.74) is 0. The zero-order chi connectivity index (χ0) is 11.7. The molecule has 1 unspecified atom stereocenters. The van der Waals surface area contributed by atoms with Crippen LogP contribution in [0.2, 0.25) is 0 Å². The summed E-state index contributed by atoms with van der Waals surface area (Å²) in [6.45, 7) is 2.80. The SMILES string of the molecule is CSCCNC(=O)NCC(C)CC(=O)O. The maximum atomic E-state index is 11.1. The molecule has 0 heterocycles. The van der Waals surface area contributed by atoms with E-state index in [0.29, 0.717) is 13.1 Å². The molecule has 0 aromatic heterocycles. The van der Waals surface area contributed by atoms with Gasteiger partial charge in [-0.05, 0) is 12.2 Å². The molecule has 0 spiro atoms. The van der Waals surface area contributed by atoms with Gasteiger partial charge in [0.25, 0.3) is 0 Å². The van der Waals surface area contributed by atoms with Crippen LogP contribution in [-0.2, 0) is 4.79 Å². The van der Waals surface area contributed by atoms with Gasteiger partial charge in [-0.3, -0.25) is 4.79 Å². The molecule has 6 heteroatoms. The molecular weight excluding hydrogens is 216 g/mol. The molecular formula is C9H18N2O3S. The van der Waals surface area contributed by atoms with Crippen LogP contribution in [0.1, 0.15) is 13.3 Å². The molecule has 0 aromatic rings. The van der Waals surface area contributed by atoms with Gasteiger partial charge in [0.2, 0.25) is 0 Å². The van der Waals surface area contributed by atoms with Crippen molar-refractivity contribution in [3.8, 4) is 0 Å². The van der Waals surface area contributed by atoms with E-state index < -0.39 is 5.97 Å². The molecule has 0 aliphatic rings. The number of hydrogen-bond acceptors (Lipinski definition) is 3. The Labute approximate surface area is 94.0 Å². The van der Waals surface area contributed by atoms with Gasteiger partial charge in [-0.15, -0.1) is 0 Å². The van der Waals surface area contributed by atoms with Crippen LogP contribution in [0.5, 0.6) is 0 Å². The topological polar surface area (TPSA) is 78.4 Å². The summed E-state index contributed by atoms with van der Waals surface area (Å²) in [4.78, 5) is 21.5. The van der Waals surface area contributed by atoms with E-state index in [0.717, 1.165) is 5.75 Å². The summed E-state index contributed by atoms with van der Waals surface area (Å²) in [5, 5.41) is 13.8. The second-order valence-electron chi connectivity index (χ2n) is 3.33. The van der Waals surface area contributed by atoms with Gasteiger partial charge in [0.15, 0.2) is 0 Å². The summed E-state index contributed by atoms with van der Waals surface area (Å²) in [7, 11) is 0. The molecule has 2 amide bonds. The Morgan fingerprint density at radius 2 is 2.07 bits per heavy atom. The predicted molar refractivity (Wildman–Crippen MR) is 61.2 cm³/mol. The number of nitrogens with one attached hydrogen (secondary N) is 2. The number of carboxylic acid groups (broad SMARTS) is 1. The van der Waals surface area contributed by atoms with Crippen LogP contribution >= 0.6 is 11.8 Å². The van der Waals surface area contributed by atoms with Crippen LogP contribution < -0.4 is 10.6 Å². The Morgan fingerprint density at radius 3 is 2.60 bits per heavy atom. The van der Waals surface area contributed by atoms with Crippen molar-refractivity contribution in [2.24, 2.45) is 5.92 Å². The average Bonchev–Trinajstić information content (AvgIpc) is 2.14. The lowest BCUT2D eigenvalue weighted by Crippen LogP contribution is -2.39. The molecule has 0 bridgehead atoms. The Balaban J connectivity index is 3.48. The van der Waals surface area contributed by atoms with E-state index >= 15 is 0 Å². The van der Waals surface area contributed by atoms with Crippen molar-refractivity contribution in [3.05, 3.63) is 0 Å². The van der Waals surface area contributed by atoms with Crippen molar-refractivity contribution >= 4 is 23.8 Å². The molecule has 5 nitrogen and oxygen atoms in total. The third-order valence-electron chi connectivity index (χ3n) is 1.73. The van der Waals surface area contributed by atoms with Crippen molar-refractivity contribution in [3.63, 3.8) is 0 Å². The molecule has 15 heavy (non-hydrogen) atoms. The first-order valence-corrected chi connectivity index (χ1v) is 6.18. The number of carboxylic acids is 1. The van der Waals surface area contributed by atoms with Gasteiger partial charge >= 0.3 is 12.0 Å². The summed E-state index contributed by atoms with van der Waals surface area (Å²) in [5.74, 6) is -0.0149. The third-order valence-corrected chi connectivity index (χ3v) is 2.34. The first kappa shape index (κ1) is 14.1. The molecule has 0 fully saturated rings. The highest BCUT2D eigenvalue weighted by Crippen LogP contribution is 1.98. The second kappa shape index (κ2) is 8.40. The highest BCUT2D eigenvalue weighted by atomic mass is 32.2. The molecule has 0 saturated heterocycles. The van der Waals surface area contributed by atoms with E-state index in [1.165, 1.54) is 0 Å². The van der Waals surface area contributed by atoms with Gasteiger partial charge in [0.1, 0.15) is 0 Å². The minimum Gasteiger partial charge on any atom is -0.481 e. The number of hydrogen-bond donors (Lipinski definition) is 3. The highest BCUT2D eigenvalue weighted by molar-refractivity contribution is 7.98. The number of amides is 2. The Kier molecular flexibility index (Phi) is 7.89. The number of urea groups is 1. The van der Waals surface area contributed by atoms with E-state index in [-0.39, 0.29) is 18.4 Å². The van der Waals surface area contributed by atoms with Gasteiger partial charge in [-0.1, -0.05) is 6.92 Å². The molecule has 0 aliphatic heterocycles. The zero-order valence-electron chi connectivity index (χ0n) is 9.08. The van der Waals surface area contributed by atoms with Crippen molar-refractivity contribution in [2.45, 2.75) is 13.3 Å². The van der Waals surface area contributed by atoms with E-state index in [1.54, 1.807) is 18.7 Å². The first-order valence-electron chi connectivity index (χ1n) is 4.78. The Morgan fingerprint density at radius 1 is 1.40 bits per heavy atom. The third kappa shape index (κ3) is 9.40. The second-order valence-corrected chi connectivity index (χ2v) is 4.32. The first-order chi connectivity index (χ1) is 7.06. The molecule has 1 atom stereocenters. The molecule has 0 aromatic carbocycles. The standard InChI is InChI=1S/C9H18N2O3S/c1-7(5-8(12)13)6-11-9(14)10-3-4-15-2/h7H,3-6H2,1-2H3,(H,12,13)(H2,10,11,14). The molecule has 0 radical (unpaired) electrons. The summed E-state index contributed by atoms with van der Waals surface area (Å²) >= 11 is 1.66. The minimum atomic E-state index is -0.841. The molecule has 0 rings (SSSR count). The van der Waals surface area contributed by atoms with Crippen LogP contribution in [-0.4, -0.2) is 42.2 Å². The van der Waals surface area contributed by atoms with E-state index in [1.807, 2.05) is 6.26 Å². The van der Waals surface area contributed by atoms with Gasteiger partial charge in [0, 0.05) is 25.3 Å². The number of rotatable bonds is 7. The van der Waals surface area contributed by atoms with E-state index in [9.17, 15) is 9.59 Å². The van der Waals surface area contributed by atoms with Crippen molar-refractivity contribution in [2.75, 3.05) is 25.1 Å². The fraction of sp³-hybridized carbons (Fsp3) is 0.778. The molecule has 0 aliphatic carbocycles.